The van der Waals surface area contributed by atoms with E-state index in [0.29, 0.717) is 0 Å². The summed E-state index contributed by atoms with van der Waals surface area (Å²) in [5.74, 6) is 0. The largest absolute Gasteiger partial charge is 0.399 e. The summed E-state index contributed by atoms with van der Waals surface area (Å²) in [6, 6.07) is 5.98. The number of hydrogen-bond donors (Lipinski definition) is 3. The van der Waals surface area contributed by atoms with E-state index >= 15 is 0 Å². The first-order chi connectivity index (χ1) is 8.70. The quantitative estimate of drug-likeness (QED) is 0.565. The number of urea groups is 1. The number of nitrogens with one attached hydrogen (secondary N) is 2. The lowest BCUT2D eigenvalue weighted by Gasteiger charge is -2.15. The molecule has 1 aliphatic carbocycles. The molecule has 4 heteroatoms. The molecule has 0 bridgehead atoms. The molecule has 0 aromatic heterocycles. The van der Waals surface area contributed by atoms with Crippen LogP contribution in [0.2, 0.25) is 0 Å². The van der Waals surface area contributed by atoms with Crippen LogP contribution in [0.4, 0.5) is 10.5 Å². The van der Waals surface area contributed by atoms with Gasteiger partial charge in [-0.1, -0.05) is 19.4 Å². The number of benzene rings is 1. The molecular weight excluding hydrogens is 226 g/mol. The Labute approximate surface area is 108 Å². The molecule has 1 aliphatic rings. The van der Waals surface area contributed by atoms with Gasteiger partial charge in [0.15, 0.2) is 0 Å². The minimum atomic E-state index is -0.0712. The minimum Gasteiger partial charge on any atom is -0.399 e. The fourth-order valence-corrected chi connectivity index (χ4v) is 2.38. The molecule has 4 nitrogen and oxygen atoms in total. The zero-order valence-electron chi connectivity index (χ0n) is 10.8. The summed E-state index contributed by atoms with van der Waals surface area (Å²) in [7, 11) is 0. The maximum absolute atomic E-state index is 11.7. The number of aryl methyl sites for hydroxylation is 1. The lowest BCUT2D eigenvalue weighted by molar-refractivity contribution is 0.237. The Morgan fingerprint density at radius 3 is 3.11 bits per heavy atom. The second kappa shape index (κ2) is 5.76. The van der Waals surface area contributed by atoms with Crippen molar-refractivity contribution in [3.8, 4) is 0 Å². The van der Waals surface area contributed by atoms with Crippen molar-refractivity contribution in [2.24, 2.45) is 0 Å². The molecule has 98 valence electrons. The Bertz CT molecular complexity index is 431. The summed E-state index contributed by atoms with van der Waals surface area (Å²) < 4.78 is 0. The zero-order chi connectivity index (χ0) is 13.0. The Balaban J connectivity index is 1.91. The number of fused-ring (bicyclic) bond motifs is 1. The van der Waals surface area contributed by atoms with E-state index in [-0.39, 0.29) is 12.1 Å². The molecule has 2 amide bonds. The third kappa shape index (κ3) is 2.94. The van der Waals surface area contributed by atoms with E-state index in [1.807, 2.05) is 18.2 Å². The molecule has 0 radical (unpaired) electrons. The molecule has 0 aliphatic heterocycles. The summed E-state index contributed by atoms with van der Waals surface area (Å²) in [5.41, 5.74) is 9.01. The average Bonchev–Trinajstić information content (AvgIpc) is 2.72. The van der Waals surface area contributed by atoms with Crippen LogP contribution in [0.5, 0.6) is 0 Å². The van der Waals surface area contributed by atoms with E-state index in [0.717, 1.165) is 37.9 Å². The van der Waals surface area contributed by atoms with E-state index in [1.54, 1.807) is 0 Å². The van der Waals surface area contributed by atoms with E-state index in [1.165, 1.54) is 11.1 Å². The number of hydrogen-bond acceptors (Lipinski definition) is 2. The van der Waals surface area contributed by atoms with Crippen molar-refractivity contribution in [1.29, 1.82) is 0 Å². The van der Waals surface area contributed by atoms with Gasteiger partial charge in [0.2, 0.25) is 0 Å². The Morgan fingerprint density at radius 2 is 2.33 bits per heavy atom. The number of carbonyl (C=O) groups is 1. The average molecular weight is 247 g/mol. The van der Waals surface area contributed by atoms with Gasteiger partial charge in [0, 0.05) is 12.2 Å². The molecular formula is C14H21N3O. The van der Waals surface area contributed by atoms with Gasteiger partial charge in [-0.25, -0.2) is 4.79 Å². The van der Waals surface area contributed by atoms with Crippen molar-refractivity contribution >= 4 is 11.7 Å². The molecule has 2 rings (SSSR count). The molecule has 1 unspecified atom stereocenters. The predicted octanol–water partition coefficient (Wildman–Crippen LogP) is 2.36. The normalized spacial score (nSPS) is 17.3. The summed E-state index contributed by atoms with van der Waals surface area (Å²) in [6.07, 6.45) is 4.05. The highest BCUT2D eigenvalue weighted by Crippen LogP contribution is 2.32. The topological polar surface area (TPSA) is 67.2 Å². The predicted molar refractivity (Wildman–Crippen MR) is 73.4 cm³/mol. The van der Waals surface area contributed by atoms with Crippen LogP contribution in [-0.4, -0.2) is 12.6 Å². The highest BCUT2D eigenvalue weighted by Gasteiger charge is 2.23. The number of nitrogens with two attached hydrogens (primary N) is 1. The Morgan fingerprint density at radius 1 is 1.50 bits per heavy atom. The van der Waals surface area contributed by atoms with Gasteiger partial charge in [-0.15, -0.1) is 0 Å². The third-order valence-corrected chi connectivity index (χ3v) is 3.37. The molecule has 0 spiro atoms. The lowest BCUT2D eigenvalue weighted by atomic mass is 10.1. The van der Waals surface area contributed by atoms with Crippen molar-refractivity contribution in [2.45, 2.75) is 38.6 Å². The molecule has 0 heterocycles. The molecule has 18 heavy (non-hydrogen) atoms. The van der Waals surface area contributed by atoms with Gasteiger partial charge < -0.3 is 16.4 Å². The van der Waals surface area contributed by atoms with Gasteiger partial charge in [0.25, 0.3) is 0 Å². The Hall–Kier alpha value is -1.71. The van der Waals surface area contributed by atoms with Crippen molar-refractivity contribution in [3.05, 3.63) is 29.3 Å². The number of rotatable bonds is 4. The molecule has 4 N–H and O–H groups in total. The maximum Gasteiger partial charge on any atom is 0.315 e. The number of nitrogen functional groups attached to an aromatic ring is 1. The second-order valence-corrected chi connectivity index (χ2v) is 4.80. The van der Waals surface area contributed by atoms with Gasteiger partial charge in [0.1, 0.15) is 0 Å². The van der Waals surface area contributed by atoms with Crippen molar-refractivity contribution < 1.29 is 4.79 Å². The number of anilines is 1. The van der Waals surface area contributed by atoms with E-state index in [9.17, 15) is 4.79 Å². The number of unbranched alkanes of at least 4 members (excludes halogenated alkanes) is 1. The van der Waals surface area contributed by atoms with Crippen LogP contribution in [0.25, 0.3) is 0 Å². The molecule has 1 atom stereocenters. The number of carbonyl (C=O) groups excluding carboxylic acids is 1. The summed E-state index contributed by atoms with van der Waals surface area (Å²) in [5, 5.41) is 5.90. The van der Waals surface area contributed by atoms with Crippen LogP contribution in [0.15, 0.2) is 18.2 Å². The van der Waals surface area contributed by atoms with Crippen LogP contribution in [0, 0.1) is 0 Å². The van der Waals surface area contributed by atoms with Gasteiger partial charge in [0.05, 0.1) is 6.04 Å². The second-order valence-electron chi connectivity index (χ2n) is 4.80. The maximum atomic E-state index is 11.7. The van der Waals surface area contributed by atoms with Crippen LogP contribution < -0.4 is 16.4 Å². The number of amides is 2. The van der Waals surface area contributed by atoms with Crippen LogP contribution >= 0.6 is 0 Å². The molecule has 1 aromatic rings. The highest BCUT2D eigenvalue weighted by atomic mass is 16.2. The first kappa shape index (κ1) is 12.7. The monoisotopic (exact) mass is 247 g/mol. The van der Waals surface area contributed by atoms with Gasteiger partial charge in [-0.2, -0.15) is 0 Å². The van der Waals surface area contributed by atoms with E-state index in [2.05, 4.69) is 17.6 Å². The van der Waals surface area contributed by atoms with Crippen molar-refractivity contribution in [2.75, 3.05) is 12.3 Å². The Kier molecular flexibility index (Phi) is 4.07. The molecule has 0 fully saturated rings. The van der Waals surface area contributed by atoms with Gasteiger partial charge >= 0.3 is 6.03 Å². The van der Waals surface area contributed by atoms with Crippen LogP contribution in [-0.2, 0) is 6.42 Å². The van der Waals surface area contributed by atoms with E-state index in [4.69, 9.17) is 5.73 Å². The molecule has 0 saturated carbocycles. The summed E-state index contributed by atoms with van der Waals surface area (Å²) >= 11 is 0. The fourth-order valence-electron chi connectivity index (χ4n) is 2.38. The van der Waals surface area contributed by atoms with E-state index < -0.39 is 0 Å². The molecule has 1 aromatic carbocycles. The zero-order valence-corrected chi connectivity index (χ0v) is 10.8. The first-order valence-electron chi connectivity index (χ1n) is 6.63. The SMILES string of the molecule is CCCCNC(=O)NC1CCc2cc(N)ccc21. The standard InChI is InChI=1S/C14H21N3O/c1-2-3-8-16-14(18)17-13-7-4-10-9-11(15)5-6-12(10)13/h5-6,9,13H,2-4,7-8,15H2,1H3,(H2,16,17,18). The minimum absolute atomic E-state index is 0.0712. The summed E-state index contributed by atoms with van der Waals surface area (Å²) in [6.45, 7) is 2.85. The lowest BCUT2D eigenvalue weighted by Crippen LogP contribution is -2.37. The smallest absolute Gasteiger partial charge is 0.315 e. The molecule has 0 saturated heterocycles. The van der Waals surface area contributed by atoms with Crippen LogP contribution in [0.3, 0.4) is 0 Å². The van der Waals surface area contributed by atoms with Gasteiger partial charge in [-0.3, -0.25) is 0 Å². The third-order valence-electron chi connectivity index (χ3n) is 3.37. The van der Waals surface area contributed by atoms with Gasteiger partial charge in [-0.05, 0) is 42.5 Å². The summed E-state index contributed by atoms with van der Waals surface area (Å²) in [4.78, 5) is 11.7. The fraction of sp³-hybridized carbons (Fsp3) is 0.500. The first-order valence-corrected chi connectivity index (χ1v) is 6.63. The van der Waals surface area contributed by atoms with Crippen molar-refractivity contribution in [3.63, 3.8) is 0 Å². The van der Waals surface area contributed by atoms with Crippen LogP contribution in [0.1, 0.15) is 43.4 Å². The highest BCUT2D eigenvalue weighted by molar-refractivity contribution is 5.74. The van der Waals surface area contributed by atoms with Crippen molar-refractivity contribution in [1.82, 2.24) is 10.6 Å².